The first-order chi connectivity index (χ1) is 6.46. The number of carbonyl (C=O) groups excluding carboxylic acids is 1. The highest BCUT2D eigenvalue weighted by Crippen LogP contribution is 2.32. The molecule has 0 N–H and O–H groups in total. The Morgan fingerprint density at radius 2 is 2.14 bits per heavy atom. The van der Waals surface area contributed by atoms with Crippen molar-refractivity contribution in [1.82, 2.24) is 4.90 Å². The quantitative estimate of drug-likeness (QED) is 0.554. The number of hydrogen-bond donors (Lipinski definition) is 0. The average molecular weight is 195 g/mol. The van der Waals surface area contributed by atoms with Gasteiger partial charge in [-0.25, -0.2) is 4.79 Å². The third-order valence-corrected chi connectivity index (χ3v) is 2.61. The van der Waals surface area contributed by atoms with E-state index in [4.69, 9.17) is 4.74 Å². The first kappa shape index (κ1) is 9.56. The zero-order valence-electron chi connectivity index (χ0n) is 8.99. The van der Waals surface area contributed by atoms with Gasteiger partial charge in [-0.1, -0.05) is 12.2 Å². The minimum absolute atomic E-state index is 0.172. The zero-order valence-corrected chi connectivity index (χ0v) is 8.99. The van der Waals surface area contributed by atoms with Gasteiger partial charge in [-0.05, 0) is 33.1 Å². The fourth-order valence-corrected chi connectivity index (χ4v) is 2.04. The van der Waals surface area contributed by atoms with Crippen LogP contribution < -0.4 is 0 Å². The molecule has 14 heavy (non-hydrogen) atoms. The third-order valence-electron chi connectivity index (χ3n) is 2.61. The van der Waals surface area contributed by atoms with Gasteiger partial charge in [-0.2, -0.15) is 0 Å². The molecule has 0 aromatic carbocycles. The van der Waals surface area contributed by atoms with Gasteiger partial charge in [0.15, 0.2) is 0 Å². The number of likely N-dealkylation sites (tertiary alicyclic amines) is 1. The van der Waals surface area contributed by atoms with Crippen molar-refractivity contribution in [3.05, 3.63) is 12.2 Å². The standard InChI is InChI=1S/C11H17NO2/c1-11(2,3)14-10(13)12-7-8-4-5-9(12)6-8/h4-5,8-9H,6-7H2,1-3H3/t8?,9-/m0/s1. The maximum absolute atomic E-state index is 11.7. The van der Waals surface area contributed by atoms with Crippen LogP contribution >= 0.6 is 0 Å². The van der Waals surface area contributed by atoms with Gasteiger partial charge in [0.05, 0.1) is 6.04 Å². The Bertz CT molecular complexity index is 278. The zero-order chi connectivity index (χ0) is 10.3. The normalized spacial score (nSPS) is 29.8. The third kappa shape index (κ3) is 1.76. The van der Waals surface area contributed by atoms with E-state index in [2.05, 4.69) is 12.2 Å². The van der Waals surface area contributed by atoms with Crippen LogP contribution in [0.25, 0.3) is 0 Å². The van der Waals surface area contributed by atoms with Gasteiger partial charge in [0.25, 0.3) is 0 Å². The van der Waals surface area contributed by atoms with Crippen LogP contribution in [0.5, 0.6) is 0 Å². The van der Waals surface area contributed by atoms with E-state index in [0.717, 1.165) is 13.0 Å². The molecule has 0 spiro atoms. The summed E-state index contributed by atoms with van der Waals surface area (Å²) >= 11 is 0. The lowest BCUT2D eigenvalue weighted by Gasteiger charge is -2.28. The summed E-state index contributed by atoms with van der Waals surface area (Å²) in [5.74, 6) is 0.563. The molecule has 1 amide bonds. The van der Waals surface area contributed by atoms with E-state index in [9.17, 15) is 4.79 Å². The van der Waals surface area contributed by atoms with Crippen molar-refractivity contribution >= 4 is 6.09 Å². The molecule has 0 aromatic rings. The van der Waals surface area contributed by atoms with Crippen molar-refractivity contribution in [2.24, 2.45) is 5.92 Å². The molecule has 3 nitrogen and oxygen atoms in total. The molecule has 2 rings (SSSR count). The molecule has 1 saturated heterocycles. The van der Waals surface area contributed by atoms with Gasteiger partial charge in [-0.3, -0.25) is 0 Å². The Morgan fingerprint density at radius 1 is 1.43 bits per heavy atom. The second kappa shape index (κ2) is 3.01. The fourth-order valence-electron chi connectivity index (χ4n) is 2.04. The molecule has 0 saturated carbocycles. The molecular weight excluding hydrogens is 178 g/mol. The van der Waals surface area contributed by atoms with Crippen LogP contribution in [0.3, 0.4) is 0 Å². The molecule has 0 radical (unpaired) electrons. The molecule has 1 heterocycles. The van der Waals surface area contributed by atoms with Crippen LogP contribution in [-0.2, 0) is 4.74 Å². The maximum atomic E-state index is 11.7. The largest absolute Gasteiger partial charge is 0.444 e. The minimum Gasteiger partial charge on any atom is -0.444 e. The molecule has 1 fully saturated rings. The van der Waals surface area contributed by atoms with Crippen LogP contribution in [0.15, 0.2) is 12.2 Å². The van der Waals surface area contributed by atoms with Crippen LogP contribution in [0, 0.1) is 5.92 Å². The lowest BCUT2D eigenvalue weighted by Crippen LogP contribution is -2.40. The predicted octanol–water partition coefficient (Wildman–Crippen LogP) is 2.18. The van der Waals surface area contributed by atoms with E-state index in [1.807, 2.05) is 25.7 Å². The van der Waals surface area contributed by atoms with Gasteiger partial charge in [0, 0.05) is 6.54 Å². The smallest absolute Gasteiger partial charge is 0.410 e. The molecule has 3 heteroatoms. The molecule has 2 aliphatic rings. The molecule has 1 unspecified atom stereocenters. The summed E-state index contributed by atoms with van der Waals surface area (Å²) in [6.07, 6.45) is 5.22. The van der Waals surface area contributed by atoms with Gasteiger partial charge in [0.2, 0.25) is 0 Å². The molecule has 1 aliphatic heterocycles. The highest BCUT2D eigenvalue weighted by molar-refractivity contribution is 5.69. The summed E-state index contributed by atoms with van der Waals surface area (Å²) < 4.78 is 5.33. The highest BCUT2D eigenvalue weighted by Gasteiger charge is 2.38. The van der Waals surface area contributed by atoms with Crippen LogP contribution in [0.4, 0.5) is 4.79 Å². The number of carbonyl (C=O) groups is 1. The number of rotatable bonds is 0. The number of hydrogen-bond acceptors (Lipinski definition) is 2. The Hall–Kier alpha value is -0.990. The SMILES string of the molecule is CC(C)(C)OC(=O)N1CC2C=C[C@H]1C2. The van der Waals surface area contributed by atoms with Crippen molar-refractivity contribution in [3.63, 3.8) is 0 Å². The number of ether oxygens (including phenoxy) is 1. The van der Waals surface area contributed by atoms with Gasteiger partial charge >= 0.3 is 6.09 Å². The summed E-state index contributed by atoms with van der Waals surface area (Å²) in [6, 6.07) is 0.287. The summed E-state index contributed by atoms with van der Waals surface area (Å²) in [4.78, 5) is 13.5. The van der Waals surface area contributed by atoms with Gasteiger partial charge in [-0.15, -0.1) is 0 Å². The van der Waals surface area contributed by atoms with Crippen molar-refractivity contribution in [2.45, 2.75) is 38.8 Å². The number of amides is 1. The molecule has 78 valence electrons. The van der Waals surface area contributed by atoms with E-state index >= 15 is 0 Å². The van der Waals surface area contributed by atoms with Crippen LogP contribution in [0.1, 0.15) is 27.2 Å². The topological polar surface area (TPSA) is 29.5 Å². The minimum atomic E-state index is -0.386. The summed E-state index contributed by atoms with van der Waals surface area (Å²) in [6.45, 7) is 6.52. The lowest BCUT2D eigenvalue weighted by molar-refractivity contribution is 0.0247. The number of fused-ring (bicyclic) bond motifs is 2. The lowest BCUT2D eigenvalue weighted by atomic mass is 10.2. The second-order valence-corrected chi connectivity index (χ2v) is 5.08. The van der Waals surface area contributed by atoms with Crippen LogP contribution in [0.2, 0.25) is 0 Å². The first-order valence-corrected chi connectivity index (χ1v) is 5.14. The molecule has 2 atom stereocenters. The van der Waals surface area contributed by atoms with E-state index in [-0.39, 0.29) is 17.7 Å². The van der Waals surface area contributed by atoms with Crippen LogP contribution in [-0.4, -0.2) is 29.2 Å². The summed E-state index contributed by atoms with van der Waals surface area (Å²) in [5.41, 5.74) is -0.386. The monoisotopic (exact) mass is 195 g/mol. The van der Waals surface area contributed by atoms with Crippen molar-refractivity contribution < 1.29 is 9.53 Å². The van der Waals surface area contributed by atoms with E-state index in [1.54, 1.807) is 0 Å². The molecule has 0 aromatic heterocycles. The first-order valence-electron chi connectivity index (χ1n) is 5.14. The Kier molecular flexibility index (Phi) is 2.05. The summed E-state index contributed by atoms with van der Waals surface area (Å²) in [7, 11) is 0. The highest BCUT2D eigenvalue weighted by atomic mass is 16.6. The predicted molar refractivity (Wildman–Crippen MR) is 54.0 cm³/mol. The Labute approximate surface area is 84.7 Å². The van der Waals surface area contributed by atoms with Crippen molar-refractivity contribution in [3.8, 4) is 0 Å². The average Bonchev–Trinajstić information content (AvgIpc) is 2.59. The Balaban J connectivity index is 1.97. The van der Waals surface area contributed by atoms with Crippen molar-refractivity contribution in [2.75, 3.05) is 6.54 Å². The second-order valence-electron chi connectivity index (χ2n) is 5.08. The molecule has 2 bridgehead atoms. The fraction of sp³-hybridized carbons (Fsp3) is 0.727. The Morgan fingerprint density at radius 3 is 2.57 bits per heavy atom. The van der Waals surface area contributed by atoms with E-state index < -0.39 is 0 Å². The van der Waals surface area contributed by atoms with Gasteiger partial charge in [0.1, 0.15) is 5.60 Å². The molecule has 1 aliphatic carbocycles. The molecular formula is C11H17NO2. The van der Waals surface area contributed by atoms with E-state index in [1.165, 1.54) is 0 Å². The summed E-state index contributed by atoms with van der Waals surface area (Å²) in [5, 5.41) is 0. The maximum Gasteiger partial charge on any atom is 0.410 e. The van der Waals surface area contributed by atoms with Crippen molar-refractivity contribution in [1.29, 1.82) is 0 Å². The van der Waals surface area contributed by atoms with E-state index in [0.29, 0.717) is 5.92 Å². The van der Waals surface area contributed by atoms with Gasteiger partial charge < -0.3 is 9.64 Å². The number of nitrogens with zero attached hydrogens (tertiary/aromatic N) is 1.